The van der Waals surface area contributed by atoms with Crippen molar-refractivity contribution in [2.45, 2.75) is 32.0 Å². The predicted molar refractivity (Wildman–Crippen MR) is 164 cm³/mol. The van der Waals surface area contributed by atoms with Crippen LogP contribution >= 0.6 is 15.9 Å². The first-order valence-electron chi connectivity index (χ1n) is 13.7. The standard InChI is InChI=1S/C31H30BrF2N3O5S/c1-2-43(38,39)14-13-40-12-10-31(9-4-11-42-31)25-17-24-28(18-27(25)34)35-20-36-30(24)37-23-7-8-29(26(32)16-23)41-19-21-5-3-6-22(33)15-21/h3-8,11,15-18,20H,2,9-10,12-14,19H2,1H3,(H,35,36,37). The van der Waals surface area contributed by atoms with Crippen LogP contribution in [0.5, 0.6) is 5.75 Å². The van der Waals surface area contributed by atoms with Crippen LogP contribution in [-0.4, -0.2) is 43.1 Å². The third-order valence-electron chi connectivity index (χ3n) is 7.16. The number of nitrogens with zero attached hydrogens (tertiary/aromatic N) is 2. The van der Waals surface area contributed by atoms with Gasteiger partial charge >= 0.3 is 0 Å². The largest absolute Gasteiger partial charge is 0.490 e. The molecule has 3 aromatic carbocycles. The molecule has 1 aromatic heterocycles. The first-order valence-corrected chi connectivity index (χ1v) is 16.3. The molecule has 4 aromatic rings. The van der Waals surface area contributed by atoms with E-state index in [1.165, 1.54) is 24.5 Å². The van der Waals surface area contributed by atoms with Crippen LogP contribution in [-0.2, 0) is 31.5 Å². The summed E-state index contributed by atoms with van der Waals surface area (Å²) in [5.74, 6) is 0.233. The molecular weight excluding hydrogens is 644 g/mol. The summed E-state index contributed by atoms with van der Waals surface area (Å²) in [6.07, 6.45) is 5.46. The molecule has 0 saturated heterocycles. The maximum atomic E-state index is 15.5. The van der Waals surface area contributed by atoms with E-state index in [0.29, 0.717) is 56.6 Å². The molecule has 0 aliphatic carbocycles. The van der Waals surface area contributed by atoms with Crippen LogP contribution in [0.4, 0.5) is 20.3 Å². The van der Waals surface area contributed by atoms with E-state index in [4.69, 9.17) is 14.2 Å². The number of hydrogen-bond donors (Lipinski definition) is 1. The normalized spacial score (nSPS) is 16.4. The molecule has 1 unspecified atom stereocenters. The Balaban J connectivity index is 1.34. The lowest BCUT2D eigenvalue weighted by atomic mass is 9.87. The molecule has 0 fully saturated rings. The van der Waals surface area contributed by atoms with Crippen LogP contribution in [0.1, 0.15) is 30.9 Å². The molecule has 0 bridgehead atoms. The molecule has 226 valence electrons. The van der Waals surface area contributed by atoms with E-state index < -0.39 is 21.3 Å². The van der Waals surface area contributed by atoms with Crippen molar-refractivity contribution in [2.24, 2.45) is 0 Å². The van der Waals surface area contributed by atoms with Gasteiger partial charge < -0.3 is 19.5 Å². The van der Waals surface area contributed by atoms with E-state index in [-0.39, 0.29) is 37.1 Å². The number of sulfone groups is 1. The SMILES string of the molecule is CCS(=O)(=O)CCOCCC1(c2cc3c(Nc4ccc(OCc5cccc(F)c5)c(Br)c4)ncnc3cc2F)CC=CO1. The Morgan fingerprint density at radius 1 is 1.09 bits per heavy atom. The molecule has 1 N–H and O–H groups in total. The highest BCUT2D eigenvalue weighted by atomic mass is 79.9. The Hall–Kier alpha value is -3.61. The number of aromatic nitrogens is 2. The van der Waals surface area contributed by atoms with E-state index in [1.807, 2.05) is 18.2 Å². The molecule has 5 rings (SSSR count). The van der Waals surface area contributed by atoms with Crippen molar-refractivity contribution in [2.75, 3.05) is 30.0 Å². The molecule has 43 heavy (non-hydrogen) atoms. The Labute approximate surface area is 257 Å². The first kappa shape index (κ1) is 30.8. The van der Waals surface area contributed by atoms with Gasteiger partial charge in [0.25, 0.3) is 0 Å². The molecule has 1 aliphatic rings. The fourth-order valence-electron chi connectivity index (χ4n) is 4.75. The van der Waals surface area contributed by atoms with Gasteiger partial charge in [-0.15, -0.1) is 0 Å². The number of anilines is 2. The fraction of sp³-hybridized carbons (Fsp3) is 0.290. The van der Waals surface area contributed by atoms with Crippen molar-refractivity contribution >= 4 is 48.2 Å². The highest BCUT2D eigenvalue weighted by molar-refractivity contribution is 9.10. The average molecular weight is 675 g/mol. The van der Waals surface area contributed by atoms with Gasteiger partial charge in [0.1, 0.15) is 41.7 Å². The van der Waals surface area contributed by atoms with E-state index in [0.717, 1.165) is 0 Å². The van der Waals surface area contributed by atoms with Gasteiger partial charge in [-0.3, -0.25) is 0 Å². The molecular formula is C31H30BrF2N3O5S. The van der Waals surface area contributed by atoms with Gasteiger partial charge in [-0.2, -0.15) is 0 Å². The Morgan fingerprint density at radius 2 is 1.95 bits per heavy atom. The minimum atomic E-state index is -3.14. The number of fused-ring (bicyclic) bond motifs is 1. The summed E-state index contributed by atoms with van der Waals surface area (Å²) >= 11 is 3.53. The second-order valence-electron chi connectivity index (χ2n) is 10.0. The smallest absolute Gasteiger partial charge is 0.152 e. The number of nitrogens with one attached hydrogen (secondary N) is 1. The van der Waals surface area contributed by atoms with Crippen molar-refractivity contribution in [3.63, 3.8) is 0 Å². The second kappa shape index (κ2) is 13.4. The molecule has 2 heterocycles. The van der Waals surface area contributed by atoms with Crippen LogP contribution in [0.3, 0.4) is 0 Å². The summed E-state index contributed by atoms with van der Waals surface area (Å²) in [4.78, 5) is 8.67. The van der Waals surface area contributed by atoms with E-state index in [1.54, 1.807) is 37.5 Å². The molecule has 1 aliphatic heterocycles. The van der Waals surface area contributed by atoms with Crippen molar-refractivity contribution in [3.8, 4) is 5.75 Å². The molecule has 1 atom stereocenters. The highest BCUT2D eigenvalue weighted by Crippen LogP contribution is 2.41. The minimum Gasteiger partial charge on any atom is -0.490 e. The summed E-state index contributed by atoms with van der Waals surface area (Å²) in [6, 6.07) is 14.7. The molecule has 0 saturated carbocycles. The molecule has 0 amide bonds. The highest BCUT2D eigenvalue weighted by Gasteiger charge is 2.38. The summed E-state index contributed by atoms with van der Waals surface area (Å²) in [5.41, 5.74) is 1.13. The Bertz CT molecular complexity index is 1750. The van der Waals surface area contributed by atoms with Crippen LogP contribution in [0.2, 0.25) is 0 Å². The maximum absolute atomic E-state index is 15.5. The van der Waals surface area contributed by atoms with Crippen LogP contribution in [0.25, 0.3) is 10.9 Å². The average Bonchev–Trinajstić information content (AvgIpc) is 3.46. The Morgan fingerprint density at radius 3 is 2.70 bits per heavy atom. The Kier molecular flexibility index (Phi) is 9.58. The lowest BCUT2D eigenvalue weighted by molar-refractivity contribution is 0.000270. The maximum Gasteiger partial charge on any atom is 0.152 e. The number of hydrogen-bond acceptors (Lipinski definition) is 8. The fourth-order valence-corrected chi connectivity index (χ4v) is 5.90. The zero-order valence-corrected chi connectivity index (χ0v) is 25.8. The second-order valence-corrected chi connectivity index (χ2v) is 13.4. The summed E-state index contributed by atoms with van der Waals surface area (Å²) < 4.78 is 70.6. The van der Waals surface area contributed by atoms with Gasteiger partial charge in [-0.05, 0) is 64.0 Å². The van der Waals surface area contributed by atoms with Crippen LogP contribution < -0.4 is 10.1 Å². The third kappa shape index (κ3) is 7.49. The van der Waals surface area contributed by atoms with Gasteiger partial charge in [0.05, 0.1) is 35.2 Å². The zero-order valence-electron chi connectivity index (χ0n) is 23.4. The number of ether oxygens (including phenoxy) is 3. The van der Waals surface area contributed by atoms with Gasteiger partial charge in [-0.25, -0.2) is 27.2 Å². The first-order chi connectivity index (χ1) is 20.7. The molecule has 0 spiro atoms. The van der Waals surface area contributed by atoms with Crippen LogP contribution in [0, 0.1) is 11.6 Å². The molecule has 8 nitrogen and oxygen atoms in total. The lowest BCUT2D eigenvalue weighted by Gasteiger charge is -2.30. The quantitative estimate of drug-likeness (QED) is 0.152. The predicted octanol–water partition coefficient (Wildman–Crippen LogP) is 6.96. The summed E-state index contributed by atoms with van der Waals surface area (Å²) in [7, 11) is -3.14. The van der Waals surface area contributed by atoms with E-state index in [9.17, 15) is 12.8 Å². The number of rotatable bonds is 13. The number of benzene rings is 3. The number of halogens is 3. The summed E-state index contributed by atoms with van der Waals surface area (Å²) in [6.45, 7) is 2.05. The van der Waals surface area contributed by atoms with Gasteiger partial charge in [0, 0.05) is 41.3 Å². The molecule has 12 heteroatoms. The van der Waals surface area contributed by atoms with Crippen molar-refractivity contribution < 1.29 is 31.4 Å². The van der Waals surface area contributed by atoms with E-state index in [2.05, 4.69) is 31.2 Å². The van der Waals surface area contributed by atoms with Gasteiger partial charge in [-0.1, -0.05) is 19.1 Å². The van der Waals surface area contributed by atoms with Crippen molar-refractivity contribution in [1.29, 1.82) is 0 Å². The topological polar surface area (TPSA) is 99.6 Å². The van der Waals surface area contributed by atoms with Crippen molar-refractivity contribution in [1.82, 2.24) is 9.97 Å². The minimum absolute atomic E-state index is 0.0551. The zero-order chi connectivity index (χ0) is 30.5. The monoisotopic (exact) mass is 673 g/mol. The molecule has 0 radical (unpaired) electrons. The van der Waals surface area contributed by atoms with Gasteiger partial charge in [0.15, 0.2) is 9.84 Å². The third-order valence-corrected chi connectivity index (χ3v) is 9.45. The van der Waals surface area contributed by atoms with Crippen LogP contribution in [0.15, 0.2) is 77.7 Å². The lowest BCUT2D eigenvalue weighted by Crippen LogP contribution is -2.28. The summed E-state index contributed by atoms with van der Waals surface area (Å²) in [5, 5.41) is 3.87. The van der Waals surface area contributed by atoms with Crippen molar-refractivity contribution in [3.05, 3.63) is 100 Å². The van der Waals surface area contributed by atoms with Gasteiger partial charge in [0.2, 0.25) is 0 Å². The van der Waals surface area contributed by atoms with E-state index >= 15 is 4.39 Å².